The van der Waals surface area contributed by atoms with Crippen molar-refractivity contribution in [2.45, 2.75) is 6.92 Å². The number of nitro benzene ring substituents is 1. The Kier molecular flexibility index (Phi) is 3.57. The van der Waals surface area contributed by atoms with Gasteiger partial charge in [0.05, 0.1) is 20.2 Å². The van der Waals surface area contributed by atoms with Crippen molar-refractivity contribution in [3.63, 3.8) is 0 Å². The predicted molar refractivity (Wildman–Crippen MR) is 79.4 cm³/mol. The van der Waals surface area contributed by atoms with E-state index < -0.39 is 4.92 Å². The normalized spacial score (nSPS) is 11.5. The number of thiazole rings is 1. The molecule has 0 atom stereocenters. The molecule has 0 spiro atoms. The first-order valence-corrected chi connectivity index (χ1v) is 6.40. The molecule has 0 radical (unpaired) electrons. The number of hydrogen-bond acceptors (Lipinski definition) is 4. The highest BCUT2D eigenvalue weighted by atomic mass is 32.1. The molecule has 0 aliphatic carbocycles. The minimum atomic E-state index is -0.392. The zero-order chi connectivity index (χ0) is 14.0. The zero-order valence-electron chi connectivity index (χ0n) is 10.4. The monoisotopic (exact) mass is 272 g/mol. The van der Waals surface area contributed by atoms with Crippen LogP contribution in [0.1, 0.15) is 10.6 Å². The molecular formula is C14H12N2O2S. The van der Waals surface area contributed by atoms with E-state index in [9.17, 15) is 10.1 Å². The molecule has 0 amide bonds. The van der Waals surface area contributed by atoms with Gasteiger partial charge in [-0.1, -0.05) is 31.4 Å². The Morgan fingerprint density at radius 3 is 2.79 bits per heavy atom. The van der Waals surface area contributed by atoms with E-state index in [-0.39, 0.29) is 5.69 Å². The number of benzene rings is 1. The molecule has 0 unspecified atom stereocenters. The Hall–Kier alpha value is -2.27. The molecular weight excluding hydrogens is 260 g/mol. The van der Waals surface area contributed by atoms with E-state index in [0.717, 1.165) is 9.71 Å². The third-order valence-corrected chi connectivity index (χ3v) is 3.59. The number of nitro groups is 1. The smallest absolute Gasteiger partial charge is 0.258 e. The summed E-state index contributed by atoms with van der Waals surface area (Å²) >= 11 is 1.44. The highest BCUT2D eigenvalue weighted by Gasteiger charge is 2.22. The van der Waals surface area contributed by atoms with Gasteiger partial charge in [0.2, 0.25) is 0 Å². The van der Waals surface area contributed by atoms with Crippen LogP contribution in [-0.4, -0.2) is 9.91 Å². The maximum Gasteiger partial charge on any atom is 0.304 e. The molecule has 1 heterocycles. The second-order valence-electron chi connectivity index (χ2n) is 3.86. The van der Waals surface area contributed by atoms with Crippen molar-refractivity contribution in [1.82, 2.24) is 4.98 Å². The van der Waals surface area contributed by atoms with Crippen LogP contribution >= 0.6 is 11.3 Å². The second kappa shape index (κ2) is 5.16. The fourth-order valence-corrected chi connectivity index (χ4v) is 2.73. The zero-order valence-corrected chi connectivity index (χ0v) is 11.2. The average Bonchev–Trinajstić information content (AvgIpc) is 2.74. The van der Waals surface area contributed by atoms with Gasteiger partial charge in [-0.15, -0.1) is 11.3 Å². The number of aromatic nitrogens is 1. The number of fused-ring (bicyclic) bond motifs is 1. The van der Waals surface area contributed by atoms with Gasteiger partial charge in [-0.2, -0.15) is 0 Å². The summed E-state index contributed by atoms with van der Waals surface area (Å²) in [6.45, 7) is 9.13. The Morgan fingerprint density at radius 2 is 2.21 bits per heavy atom. The van der Waals surface area contributed by atoms with Crippen LogP contribution in [0.25, 0.3) is 15.8 Å². The Labute approximate surface area is 114 Å². The lowest BCUT2D eigenvalue weighted by Gasteiger charge is -2.03. The van der Waals surface area contributed by atoms with Crippen molar-refractivity contribution in [2.24, 2.45) is 0 Å². The third-order valence-electron chi connectivity index (χ3n) is 2.65. The maximum absolute atomic E-state index is 11.4. The van der Waals surface area contributed by atoms with Crippen molar-refractivity contribution in [3.8, 4) is 0 Å². The Bertz CT molecular complexity index is 714. The van der Waals surface area contributed by atoms with Crippen molar-refractivity contribution in [3.05, 3.63) is 64.2 Å². The van der Waals surface area contributed by atoms with E-state index in [1.165, 1.54) is 11.3 Å². The highest BCUT2D eigenvalue weighted by Crippen LogP contribution is 2.36. The lowest BCUT2D eigenvalue weighted by Crippen LogP contribution is -1.95. The molecule has 2 rings (SSSR count). The van der Waals surface area contributed by atoms with Crippen molar-refractivity contribution in [1.29, 1.82) is 0 Å². The fraction of sp³-hybridized carbons (Fsp3) is 0.0714. The number of allylic oxidation sites excluding steroid dienone is 4. The van der Waals surface area contributed by atoms with Gasteiger partial charge in [0.1, 0.15) is 0 Å². The third kappa shape index (κ3) is 2.32. The van der Waals surface area contributed by atoms with E-state index >= 15 is 0 Å². The van der Waals surface area contributed by atoms with E-state index in [1.54, 1.807) is 24.3 Å². The van der Waals surface area contributed by atoms with Crippen LogP contribution in [0.4, 0.5) is 5.69 Å². The van der Waals surface area contributed by atoms with Gasteiger partial charge >= 0.3 is 5.69 Å². The van der Waals surface area contributed by atoms with Crippen molar-refractivity contribution >= 4 is 32.8 Å². The molecule has 4 nitrogen and oxygen atoms in total. The average molecular weight is 272 g/mol. The molecule has 0 bridgehead atoms. The summed E-state index contributed by atoms with van der Waals surface area (Å²) in [6.07, 6.45) is 4.85. The molecule has 0 aliphatic rings. The summed E-state index contributed by atoms with van der Waals surface area (Å²) in [5.74, 6) is 0. The largest absolute Gasteiger partial charge is 0.304 e. The van der Waals surface area contributed by atoms with E-state index in [4.69, 9.17) is 0 Å². The van der Waals surface area contributed by atoms with Crippen LogP contribution in [0.2, 0.25) is 0 Å². The fourth-order valence-electron chi connectivity index (χ4n) is 1.90. The maximum atomic E-state index is 11.4. The molecule has 0 saturated heterocycles. The number of nitrogens with zero attached hydrogens (tertiary/aromatic N) is 2. The first kappa shape index (κ1) is 13.2. The number of rotatable bonds is 4. The van der Waals surface area contributed by atoms with Crippen LogP contribution in [0, 0.1) is 17.0 Å². The van der Waals surface area contributed by atoms with Crippen LogP contribution in [0.3, 0.4) is 0 Å². The van der Waals surface area contributed by atoms with Crippen LogP contribution in [0.5, 0.6) is 0 Å². The summed E-state index contributed by atoms with van der Waals surface area (Å²) in [4.78, 5) is 15.2. The van der Waals surface area contributed by atoms with Gasteiger partial charge in [0.15, 0.2) is 5.52 Å². The minimum Gasteiger partial charge on any atom is -0.258 e. The molecule has 0 saturated carbocycles. The minimum absolute atomic E-state index is 0.0230. The lowest BCUT2D eigenvalue weighted by molar-refractivity contribution is -0.383. The molecule has 5 heteroatoms. The SMILES string of the molecule is C=C/C=C(\C=C)c1ccc2sc(C)nc2c1[N+](=O)[O-]. The van der Waals surface area contributed by atoms with Crippen LogP contribution in [0.15, 0.2) is 43.5 Å². The van der Waals surface area contributed by atoms with E-state index in [2.05, 4.69) is 18.1 Å². The molecule has 0 fully saturated rings. The van der Waals surface area contributed by atoms with Gasteiger partial charge in [0, 0.05) is 0 Å². The summed E-state index contributed by atoms with van der Waals surface area (Å²) in [7, 11) is 0. The lowest BCUT2D eigenvalue weighted by atomic mass is 10.0. The summed E-state index contributed by atoms with van der Waals surface area (Å²) in [6, 6.07) is 3.58. The molecule has 1 aromatic heterocycles. The molecule has 96 valence electrons. The summed E-state index contributed by atoms with van der Waals surface area (Å²) < 4.78 is 0.815. The molecule has 1 aromatic carbocycles. The van der Waals surface area contributed by atoms with E-state index in [0.29, 0.717) is 16.7 Å². The standard InChI is InChI=1S/C14H12N2O2S/c1-4-6-10(5-2)11-7-8-12-13(14(11)16(17)18)15-9(3)19-12/h4-8H,1-2H2,3H3/b10-6+. The Balaban J connectivity index is 2.84. The molecule has 19 heavy (non-hydrogen) atoms. The molecule has 0 N–H and O–H groups in total. The summed E-state index contributed by atoms with van der Waals surface area (Å²) in [5, 5.41) is 12.2. The Morgan fingerprint density at radius 1 is 1.47 bits per heavy atom. The number of hydrogen-bond donors (Lipinski definition) is 0. The highest BCUT2D eigenvalue weighted by molar-refractivity contribution is 7.18. The molecule has 0 aliphatic heterocycles. The number of aryl methyl sites for hydroxylation is 1. The van der Waals surface area contributed by atoms with Crippen molar-refractivity contribution < 1.29 is 4.92 Å². The van der Waals surface area contributed by atoms with Gasteiger partial charge in [-0.05, 0) is 24.6 Å². The molecule has 2 aromatic rings. The second-order valence-corrected chi connectivity index (χ2v) is 5.10. The van der Waals surface area contributed by atoms with Gasteiger partial charge in [0.25, 0.3) is 0 Å². The van der Waals surface area contributed by atoms with Gasteiger partial charge < -0.3 is 0 Å². The van der Waals surface area contributed by atoms with Crippen LogP contribution < -0.4 is 0 Å². The predicted octanol–water partition coefficient (Wildman–Crippen LogP) is 4.27. The first-order valence-electron chi connectivity index (χ1n) is 5.58. The first-order chi connectivity index (χ1) is 9.08. The quantitative estimate of drug-likeness (QED) is 0.474. The van der Waals surface area contributed by atoms with Gasteiger partial charge in [-0.3, -0.25) is 10.1 Å². The van der Waals surface area contributed by atoms with E-state index in [1.807, 2.05) is 13.0 Å². The topological polar surface area (TPSA) is 56.0 Å². The van der Waals surface area contributed by atoms with Crippen LogP contribution in [-0.2, 0) is 0 Å². The summed E-state index contributed by atoms with van der Waals surface area (Å²) in [5.41, 5.74) is 1.63. The van der Waals surface area contributed by atoms with Gasteiger partial charge in [-0.25, -0.2) is 4.98 Å². The van der Waals surface area contributed by atoms with Crippen molar-refractivity contribution in [2.75, 3.05) is 0 Å².